The van der Waals surface area contributed by atoms with Gasteiger partial charge in [0.25, 0.3) is 0 Å². The zero-order chi connectivity index (χ0) is 12.1. The molecule has 0 spiro atoms. The summed E-state index contributed by atoms with van der Waals surface area (Å²) in [5, 5.41) is 7.18. The monoisotopic (exact) mass is 239 g/mol. The van der Waals surface area contributed by atoms with Crippen molar-refractivity contribution in [3.05, 3.63) is 0 Å². The molecule has 1 heterocycles. The first-order valence-corrected chi connectivity index (χ1v) is 5.88. The largest absolute Gasteiger partial charge is 0.394 e. The van der Waals surface area contributed by atoms with E-state index >= 15 is 0 Å². The maximum absolute atomic E-state index is 8.74. The second kappa shape index (κ2) is 5.89. The summed E-state index contributed by atoms with van der Waals surface area (Å²) in [6, 6.07) is 0. The van der Waals surface area contributed by atoms with Crippen LogP contribution in [0.25, 0.3) is 0 Å². The predicted molar refractivity (Wildman–Crippen MR) is 56.1 cm³/mol. The molecule has 1 atom stereocenters. The summed E-state index contributed by atoms with van der Waals surface area (Å²) in [5.41, 5.74) is 5.34. The van der Waals surface area contributed by atoms with Crippen molar-refractivity contribution in [2.45, 2.75) is 19.8 Å². The number of hydrogen-bond donors (Lipinski definition) is 4. The van der Waals surface area contributed by atoms with E-state index < -0.39 is 10.4 Å². The van der Waals surface area contributed by atoms with E-state index in [0.29, 0.717) is 5.92 Å². The molecule has 15 heavy (non-hydrogen) atoms. The van der Waals surface area contributed by atoms with Crippen molar-refractivity contribution in [2.75, 3.05) is 13.1 Å². The minimum atomic E-state index is -4.67. The van der Waals surface area contributed by atoms with Gasteiger partial charge < -0.3 is 10.6 Å². The van der Waals surface area contributed by atoms with Crippen molar-refractivity contribution < 1.29 is 17.5 Å². The molecule has 0 radical (unpaired) electrons. The van der Waals surface area contributed by atoms with Gasteiger partial charge in [-0.15, -0.1) is 0 Å². The van der Waals surface area contributed by atoms with E-state index in [4.69, 9.17) is 28.7 Å². The zero-order valence-corrected chi connectivity index (χ0v) is 9.37. The van der Waals surface area contributed by atoms with Crippen molar-refractivity contribution in [3.8, 4) is 0 Å². The number of piperidine rings is 1. The van der Waals surface area contributed by atoms with E-state index in [1.807, 2.05) is 4.90 Å². The van der Waals surface area contributed by atoms with Gasteiger partial charge in [-0.05, 0) is 18.8 Å². The van der Waals surface area contributed by atoms with Gasteiger partial charge in [-0.25, -0.2) is 0 Å². The van der Waals surface area contributed by atoms with Gasteiger partial charge in [0, 0.05) is 13.1 Å². The van der Waals surface area contributed by atoms with Crippen LogP contribution in [0.3, 0.4) is 0 Å². The van der Waals surface area contributed by atoms with Gasteiger partial charge in [0.15, 0.2) is 5.96 Å². The smallest absolute Gasteiger partial charge is 0.370 e. The summed E-state index contributed by atoms with van der Waals surface area (Å²) in [5.74, 6) is 0.934. The summed E-state index contributed by atoms with van der Waals surface area (Å²) < 4.78 is 31.6. The van der Waals surface area contributed by atoms with Crippen molar-refractivity contribution in [1.29, 1.82) is 5.41 Å². The van der Waals surface area contributed by atoms with Crippen LogP contribution in [0, 0.1) is 11.3 Å². The Bertz CT molecular complexity index is 295. The molecule has 0 aliphatic carbocycles. The minimum absolute atomic E-state index is 0.228. The Morgan fingerprint density at radius 3 is 2.27 bits per heavy atom. The van der Waals surface area contributed by atoms with Gasteiger partial charge in [0.05, 0.1) is 0 Å². The number of nitrogens with zero attached hydrogens (tertiary/aromatic N) is 1. The van der Waals surface area contributed by atoms with Crippen molar-refractivity contribution in [1.82, 2.24) is 4.90 Å². The van der Waals surface area contributed by atoms with E-state index in [2.05, 4.69) is 6.92 Å². The third-order valence-corrected chi connectivity index (χ3v) is 2.00. The maximum Gasteiger partial charge on any atom is 0.394 e. The van der Waals surface area contributed by atoms with E-state index in [1.54, 1.807) is 0 Å². The summed E-state index contributed by atoms with van der Waals surface area (Å²) >= 11 is 0. The second-order valence-electron chi connectivity index (χ2n) is 3.53. The quantitative estimate of drug-likeness (QED) is 0.267. The Morgan fingerprint density at radius 1 is 1.53 bits per heavy atom. The number of hydrogen-bond acceptors (Lipinski definition) is 3. The van der Waals surface area contributed by atoms with Crippen LogP contribution in [-0.2, 0) is 10.4 Å². The highest BCUT2D eigenvalue weighted by molar-refractivity contribution is 7.79. The van der Waals surface area contributed by atoms with Crippen LogP contribution < -0.4 is 5.73 Å². The average Bonchev–Trinajstić information content (AvgIpc) is 2.00. The maximum atomic E-state index is 8.74. The van der Waals surface area contributed by atoms with Crippen molar-refractivity contribution >= 4 is 16.4 Å². The first-order chi connectivity index (χ1) is 6.70. The Hall–Kier alpha value is -0.860. The second-order valence-corrected chi connectivity index (χ2v) is 4.42. The van der Waals surface area contributed by atoms with Crippen molar-refractivity contribution in [2.24, 2.45) is 11.7 Å². The number of guanidine groups is 1. The molecule has 1 rings (SSSR count). The average molecular weight is 239 g/mol. The van der Waals surface area contributed by atoms with Crippen LogP contribution in [0.5, 0.6) is 0 Å². The van der Waals surface area contributed by atoms with E-state index in [1.165, 1.54) is 12.8 Å². The van der Waals surface area contributed by atoms with E-state index in [9.17, 15) is 0 Å². The van der Waals surface area contributed by atoms with Gasteiger partial charge in [-0.1, -0.05) is 6.92 Å². The summed E-state index contributed by atoms with van der Waals surface area (Å²) in [4.78, 5) is 1.94. The van der Waals surface area contributed by atoms with Crippen LogP contribution in [-0.4, -0.2) is 41.5 Å². The Kier molecular flexibility index (Phi) is 5.55. The SMILES string of the molecule is CC1CCCN(C(=N)N)C1.O=S(=O)(O)O. The summed E-state index contributed by atoms with van der Waals surface area (Å²) in [6.45, 7) is 4.14. The lowest BCUT2D eigenvalue weighted by Gasteiger charge is -2.30. The predicted octanol–water partition coefficient (Wildman–Crippen LogP) is -0.0410. The number of likely N-dealkylation sites (tertiary alicyclic amines) is 1. The van der Waals surface area contributed by atoms with Crippen molar-refractivity contribution in [3.63, 3.8) is 0 Å². The molecule has 0 aromatic heterocycles. The lowest BCUT2D eigenvalue weighted by molar-refractivity contribution is 0.269. The number of nitrogens with two attached hydrogens (primary N) is 1. The molecule has 0 aromatic carbocycles. The van der Waals surface area contributed by atoms with E-state index in [-0.39, 0.29) is 5.96 Å². The molecule has 0 amide bonds. The van der Waals surface area contributed by atoms with Gasteiger partial charge in [0.1, 0.15) is 0 Å². The molecule has 7 nitrogen and oxygen atoms in total. The Balaban J connectivity index is 0.000000336. The molecule has 1 aliphatic rings. The fourth-order valence-corrected chi connectivity index (χ4v) is 1.41. The lowest BCUT2D eigenvalue weighted by atomic mass is 10.0. The molecule has 5 N–H and O–H groups in total. The van der Waals surface area contributed by atoms with Crippen LogP contribution >= 0.6 is 0 Å². The fraction of sp³-hybridized carbons (Fsp3) is 0.857. The van der Waals surface area contributed by atoms with Gasteiger partial charge in [-0.2, -0.15) is 8.42 Å². The van der Waals surface area contributed by atoms with E-state index in [0.717, 1.165) is 13.1 Å². The van der Waals surface area contributed by atoms with Gasteiger partial charge in [0.2, 0.25) is 0 Å². The molecule has 0 saturated carbocycles. The first kappa shape index (κ1) is 14.1. The van der Waals surface area contributed by atoms with Gasteiger partial charge in [-0.3, -0.25) is 14.5 Å². The highest BCUT2D eigenvalue weighted by atomic mass is 32.3. The van der Waals surface area contributed by atoms with Crippen LogP contribution in [0.15, 0.2) is 0 Å². The number of rotatable bonds is 0. The molecular weight excluding hydrogens is 222 g/mol. The molecule has 1 saturated heterocycles. The Labute approximate surface area is 89.3 Å². The lowest BCUT2D eigenvalue weighted by Crippen LogP contribution is -2.42. The Morgan fingerprint density at radius 2 is 2.00 bits per heavy atom. The summed E-state index contributed by atoms with van der Waals surface area (Å²) in [6.07, 6.45) is 2.46. The zero-order valence-electron chi connectivity index (χ0n) is 8.55. The normalized spacial score (nSPS) is 21.5. The molecule has 90 valence electrons. The fourth-order valence-electron chi connectivity index (χ4n) is 1.41. The standard InChI is InChI=1S/C7H15N3.H2O4S/c1-6-3-2-4-10(5-6)7(8)9;1-5(2,3)4/h6H,2-5H2,1H3,(H3,8,9);(H2,1,2,3,4). The first-order valence-electron chi connectivity index (χ1n) is 4.49. The van der Waals surface area contributed by atoms with Crippen LogP contribution in [0.4, 0.5) is 0 Å². The third kappa shape index (κ3) is 9.44. The minimum Gasteiger partial charge on any atom is -0.370 e. The van der Waals surface area contributed by atoms with Gasteiger partial charge >= 0.3 is 10.4 Å². The third-order valence-electron chi connectivity index (χ3n) is 2.00. The molecule has 1 fully saturated rings. The molecule has 0 aromatic rings. The topological polar surface area (TPSA) is 128 Å². The molecular formula is C7H17N3O4S. The number of nitrogens with one attached hydrogen (secondary N) is 1. The molecule has 1 aliphatic heterocycles. The summed E-state index contributed by atoms with van der Waals surface area (Å²) in [7, 11) is -4.67. The highest BCUT2D eigenvalue weighted by Crippen LogP contribution is 2.14. The van der Waals surface area contributed by atoms with Crippen LogP contribution in [0.1, 0.15) is 19.8 Å². The molecule has 8 heteroatoms. The molecule has 0 bridgehead atoms. The molecule has 1 unspecified atom stereocenters. The highest BCUT2D eigenvalue weighted by Gasteiger charge is 2.16. The van der Waals surface area contributed by atoms with Crippen LogP contribution in [0.2, 0.25) is 0 Å².